The van der Waals surface area contributed by atoms with Gasteiger partial charge in [-0.1, -0.05) is 36.4 Å². The van der Waals surface area contributed by atoms with Crippen molar-refractivity contribution in [3.8, 4) is 11.1 Å². The van der Waals surface area contributed by atoms with Gasteiger partial charge in [0.1, 0.15) is 5.82 Å². The van der Waals surface area contributed by atoms with Crippen LogP contribution in [0.4, 0.5) is 4.39 Å². The average molecular weight is 344 g/mol. The fraction of sp³-hybridized carbons (Fsp3) is 0.0870. The Labute approximate surface area is 150 Å². The highest BCUT2D eigenvalue weighted by Gasteiger charge is 2.11. The van der Waals surface area contributed by atoms with Crippen molar-refractivity contribution in [1.82, 2.24) is 0 Å². The molecule has 0 spiro atoms. The minimum Gasteiger partial charge on any atom is -0.478 e. The second-order valence-electron chi connectivity index (χ2n) is 6.64. The molecule has 128 valence electrons. The number of fused-ring (bicyclic) bond motifs is 2. The van der Waals surface area contributed by atoms with Gasteiger partial charge in [0.25, 0.3) is 0 Å². The molecule has 26 heavy (non-hydrogen) atoms. The fourth-order valence-electron chi connectivity index (χ4n) is 3.37. The Balaban J connectivity index is 1.90. The number of hydrogen-bond donors (Lipinski definition) is 1. The van der Waals surface area contributed by atoms with Gasteiger partial charge in [-0.25, -0.2) is 9.18 Å². The molecule has 0 aliphatic heterocycles. The highest BCUT2D eigenvalue weighted by atomic mass is 19.1. The van der Waals surface area contributed by atoms with Crippen molar-refractivity contribution >= 4 is 27.5 Å². The Morgan fingerprint density at radius 2 is 1.42 bits per heavy atom. The molecule has 0 aromatic heterocycles. The highest BCUT2D eigenvalue weighted by Crippen LogP contribution is 2.31. The minimum absolute atomic E-state index is 0.0421. The van der Waals surface area contributed by atoms with Crippen LogP contribution in [0.5, 0.6) is 0 Å². The first-order valence-electron chi connectivity index (χ1n) is 8.41. The van der Waals surface area contributed by atoms with Crippen molar-refractivity contribution in [3.63, 3.8) is 0 Å². The number of aryl methyl sites for hydroxylation is 2. The Bertz CT molecular complexity index is 1190. The third-order valence-electron chi connectivity index (χ3n) is 5.05. The zero-order valence-corrected chi connectivity index (χ0v) is 14.5. The lowest BCUT2D eigenvalue weighted by Crippen LogP contribution is -1.97. The number of carboxylic acids is 1. The first kappa shape index (κ1) is 16.3. The Morgan fingerprint density at radius 3 is 2.12 bits per heavy atom. The van der Waals surface area contributed by atoms with Gasteiger partial charge in [0.2, 0.25) is 0 Å². The summed E-state index contributed by atoms with van der Waals surface area (Å²) in [6, 6.07) is 18.5. The molecule has 4 rings (SSSR count). The molecule has 2 nitrogen and oxygen atoms in total. The van der Waals surface area contributed by atoms with Crippen LogP contribution in [0.2, 0.25) is 0 Å². The van der Waals surface area contributed by atoms with Gasteiger partial charge in [-0.05, 0) is 76.5 Å². The molecule has 0 unspecified atom stereocenters. The van der Waals surface area contributed by atoms with E-state index in [1.807, 2.05) is 12.1 Å². The van der Waals surface area contributed by atoms with E-state index in [-0.39, 0.29) is 5.56 Å². The fourth-order valence-corrected chi connectivity index (χ4v) is 3.37. The molecule has 4 aromatic carbocycles. The van der Waals surface area contributed by atoms with Crippen LogP contribution >= 0.6 is 0 Å². The smallest absolute Gasteiger partial charge is 0.335 e. The van der Waals surface area contributed by atoms with Crippen LogP contribution in [0, 0.1) is 19.7 Å². The number of rotatable bonds is 2. The number of carboxylic acid groups (broad SMARTS) is 1. The summed E-state index contributed by atoms with van der Waals surface area (Å²) >= 11 is 0. The molecule has 0 heterocycles. The lowest BCUT2D eigenvalue weighted by atomic mass is 9.95. The topological polar surface area (TPSA) is 37.3 Å². The summed E-state index contributed by atoms with van der Waals surface area (Å²) in [7, 11) is 0. The molecule has 0 fully saturated rings. The van der Waals surface area contributed by atoms with Gasteiger partial charge in [0.15, 0.2) is 0 Å². The zero-order valence-electron chi connectivity index (χ0n) is 14.5. The predicted octanol–water partition coefficient (Wildman–Crippen LogP) is 6.11. The van der Waals surface area contributed by atoms with Crippen LogP contribution in [0.15, 0.2) is 60.7 Å². The summed E-state index contributed by atoms with van der Waals surface area (Å²) in [6.07, 6.45) is 0. The van der Waals surface area contributed by atoms with Gasteiger partial charge < -0.3 is 5.11 Å². The van der Waals surface area contributed by atoms with Gasteiger partial charge in [0, 0.05) is 5.39 Å². The lowest BCUT2D eigenvalue weighted by molar-refractivity contribution is 0.0696. The molecule has 1 N–H and O–H groups in total. The first-order valence-corrected chi connectivity index (χ1v) is 8.41. The van der Waals surface area contributed by atoms with Gasteiger partial charge in [-0.15, -0.1) is 0 Å². The monoisotopic (exact) mass is 344 g/mol. The first-order chi connectivity index (χ1) is 12.4. The summed E-state index contributed by atoms with van der Waals surface area (Å²) < 4.78 is 14.4. The maximum atomic E-state index is 14.4. The molecule has 0 aliphatic rings. The van der Waals surface area contributed by atoms with E-state index in [1.54, 1.807) is 12.1 Å². The van der Waals surface area contributed by atoms with Crippen molar-refractivity contribution in [2.45, 2.75) is 13.8 Å². The van der Waals surface area contributed by atoms with E-state index < -0.39 is 11.8 Å². The van der Waals surface area contributed by atoms with Crippen LogP contribution in [0.1, 0.15) is 21.5 Å². The standard InChI is InChI=1S/C23H17FO2/c1-13-3-4-15-5-6-16(10-20(15)14(13)2)17-7-8-18-9-19(23(25)26)12-22(24)21(18)11-17/h3-12H,1-2H3,(H,25,26). The second-order valence-corrected chi connectivity index (χ2v) is 6.64. The van der Waals surface area contributed by atoms with E-state index >= 15 is 0 Å². The maximum Gasteiger partial charge on any atom is 0.335 e. The Kier molecular flexibility index (Phi) is 3.73. The Morgan fingerprint density at radius 1 is 0.808 bits per heavy atom. The van der Waals surface area contributed by atoms with Crippen molar-refractivity contribution in [3.05, 3.63) is 83.2 Å². The molecule has 0 radical (unpaired) electrons. The van der Waals surface area contributed by atoms with Crippen LogP contribution < -0.4 is 0 Å². The van der Waals surface area contributed by atoms with E-state index in [2.05, 4.69) is 38.1 Å². The van der Waals surface area contributed by atoms with Crippen LogP contribution in [0.3, 0.4) is 0 Å². The minimum atomic E-state index is -1.13. The lowest BCUT2D eigenvalue weighted by Gasteiger charge is -2.10. The molecular weight excluding hydrogens is 327 g/mol. The highest BCUT2D eigenvalue weighted by molar-refractivity contribution is 5.97. The van der Waals surface area contributed by atoms with E-state index in [1.165, 1.54) is 28.0 Å². The van der Waals surface area contributed by atoms with Crippen molar-refractivity contribution in [2.75, 3.05) is 0 Å². The maximum absolute atomic E-state index is 14.4. The van der Waals surface area contributed by atoms with Crippen molar-refractivity contribution in [1.29, 1.82) is 0 Å². The van der Waals surface area contributed by atoms with Crippen LogP contribution in [-0.2, 0) is 0 Å². The average Bonchev–Trinajstić information content (AvgIpc) is 2.64. The summed E-state index contributed by atoms with van der Waals surface area (Å²) in [5.41, 5.74) is 4.35. The SMILES string of the molecule is Cc1ccc2ccc(-c3ccc4cc(C(=O)O)cc(F)c4c3)cc2c1C. The number of benzene rings is 4. The third-order valence-corrected chi connectivity index (χ3v) is 5.05. The molecule has 0 saturated carbocycles. The van der Waals surface area contributed by atoms with Crippen molar-refractivity contribution in [2.24, 2.45) is 0 Å². The van der Waals surface area contributed by atoms with Gasteiger partial charge in [-0.3, -0.25) is 0 Å². The summed E-state index contributed by atoms with van der Waals surface area (Å²) in [5, 5.41) is 12.5. The number of hydrogen-bond acceptors (Lipinski definition) is 1. The normalized spacial score (nSPS) is 11.2. The van der Waals surface area contributed by atoms with E-state index in [0.29, 0.717) is 10.8 Å². The Hall–Kier alpha value is -3.20. The molecule has 0 bridgehead atoms. The van der Waals surface area contributed by atoms with Gasteiger partial charge >= 0.3 is 5.97 Å². The predicted molar refractivity (Wildman–Crippen MR) is 103 cm³/mol. The van der Waals surface area contributed by atoms with E-state index in [0.717, 1.165) is 17.2 Å². The quantitative estimate of drug-likeness (QED) is 0.476. The van der Waals surface area contributed by atoms with Gasteiger partial charge in [-0.2, -0.15) is 0 Å². The van der Waals surface area contributed by atoms with Crippen molar-refractivity contribution < 1.29 is 14.3 Å². The summed E-state index contributed by atoms with van der Waals surface area (Å²) in [5.74, 6) is -1.65. The molecule has 0 aliphatic carbocycles. The van der Waals surface area contributed by atoms with E-state index in [9.17, 15) is 9.18 Å². The number of carbonyl (C=O) groups is 1. The molecule has 3 heteroatoms. The van der Waals surface area contributed by atoms with Crippen LogP contribution in [-0.4, -0.2) is 11.1 Å². The molecule has 0 atom stereocenters. The third kappa shape index (κ3) is 2.62. The number of aromatic carboxylic acids is 1. The zero-order chi connectivity index (χ0) is 18.4. The molecule has 0 amide bonds. The number of halogens is 1. The molecular formula is C23H17FO2. The van der Waals surface area contributed by atoms with E-state index in [4.69, 9.17) is 5.11 Å². The second kappa shape index (κ2) is 5.95. The van der Waals surface area contributed by atoms with Gasteiger partial charge in [0.05, 0.1) is 5.56 Å². The largest absolute Gasteiger partial charge is 0.478 e. The summed E-state index contributed by atoms with van der Waals surface area (Å²) in [4.78, 5) is 11.1. The molecule has 4 aromatic rings. The summed E-state index contributed by atoms with van der Waals surface area (Å²) in [6.45, 7) is 4.20. The molecule has 0 saturated heterocycles. The van der Waals surface area contributed by atoms with Crippen LogP contribution in [0.25, 0.3) is 32.7 Å².